The lowest BCUT2D eigenvalue weighted by Crippen LogP contribution is -2.16. The molecule has 0 bridgehead atoms. The third-order valence-electron chi connectivity index (χ3n) is 2.16. The molecule has 0 radical (unpaired) electrons. The molecule has 1 rings (SSSR count). The van der Waals surface area contributed by atoms with Gasteiger partial charge in [0.15, 0.2) is 0 Å². The minimum Gasteiger partial charge on any atom is -0.322 e. The number of nitriles is 1. The van der Waals surface area contributed by atoms with Crippen molar-refractivity contribution in [3.05, 3.63) is 45.9 Å². The third kappa shape index (κ3) is 2.27. The minimum absolute atomic E-state index is 0.278. The molecule has 0 aliphatic heterocycles. The van der Waals surface area contributed by atoms with Crippen molar-refractivity contribution >= 4 is 12.2 Å². The average Bonchev–Trinajstić information content (AvgIpc) is 2.27. The number of nitrogens with zero attached hydrogens (tertiary/aromatic N) is 1. The molecule has 0 aliphatic carbocycles. The molecule has 0 aromatic carbocycles. The van der Waals surface area contributed by atoms with Gasteiger partial charge in [-0.25, -0.2) is 0 Å². The summed E-state index contributed by atoms with van der Waals surface area (Å²) in [7, 11) is 0. The van der Waals surface area contributed by atoms with Gasteiger partial charge in [0, 0.05) is 17.3 Å². The maximum Gasteiger partial charge on any atom is 0.248 e. The summed E-state index contributed by atoms with van der Waals surface area (Å²) in [5, 5.41) is 8.78. The van der Waals surface area contributed by atoms with Crippen LogP contribution < -0.4 is 11.3 Å². The van der Waals surface area contributed by atoms with Crippen LogP contribution in [-0.2, 0) is 0 Å². The number of allylic oxidation sites excluding steroid dienone is 1. The molecule has 1 aromatic heterocycles. The van der Waals surface area contributed by atoms with Gasteiger partial charge in [0.1, 0.15) is 6.04 Å². The van der Waals surface area contributed by atoms with Crippen LogP contribution in [0.25, 0.3) is 12.2 Å². The van der Waals surface area contributed by atoms with E-state index in [9.17, 15) is 4.79 Å². The standard InChI is InChI=1S/C12H13N3O/c1-3-5-11-8(4-2)9(10(14)7-13)6-12(16)15-11/h3-6,10H,2,14H2,1H3,(H,15,16)/b5-3-. The van der Waals surface area contributed by atoms with Gasteiger partial charge in [-0.3, -0.25) is 4.79 Å². The first-order chi connectivity index (χ1) is 7.63. The summed E-state index contributed by atoms with van der Waals surface area (Å²) in [5.74, 6) is 0. The summed E-state index contributed by atoms with van der Waals surface area (Å²) in [5.41, 5.74) is 7.14. The van der Waals surface area contributed by atoms with Crippen molar-refractivity contribution < 1.29 is 0 Å². The van der Waals surface area contributed by atoms with E-state index in [1.165, 1.54) is 6.07 Å². The van der Waals surface area contributed by atoms with Crippen molar-refractivity contribution in [1.29, 1.82) is 5.26 Å². The Morgan fingerprint density at radius 3 is 2.88 bits per heavy atom. The fourth-order valence-electron chi connectivity index (χ4n) is 1.46. The normalized spacial score (nSPS) is 12.3. The van der Waals surface area contributed by atoms with Crippen LogP contribution in [0.15, 0.2) is 23.5 Å². The Balaban J connectivity index is 3.55. The summed E-state index contributed by atoms with van der Waals surface area (Å²) in [4.78, 5) is 14.1. The Morgan fingerprint density at radius 2 is 2.38 bits per heavy atom. The quantitative estimate of drug-likeness (QED) is 0.802. The van der Waals surface area contributed by atoms with Gasteiger partial charge < -0.3 is 10.7 Å². The monoisotopic (exact) mass is 215 g/mol. The molecule has 0 aliphatic rings. The maximum atomic E-state index is 11.4. The Labute approximate surface area is 93.7 Å². The summed E-state index contributed by atoms with van der Waals surface area (Å²) < 4.78 is 0. The smallest absolute Gasteiger partial charge is 0.248 e. The number of nitrogens with one attached hydrogen (secondary N) is 1. The second-order valence-corrected chi connectivity index (χ2v) is 3.23. The topological polar surface area (TPSA) is 82.7 Å². The lowest BCUT2D eigenvalue weighted by atomic mass is 10.0. The van der Waals surface area contributed by atoms with Crippen LogP contribution in [0.3, 0.4) is 0 Å². The highest BCUT2D eigenvalue weighted by atomic mass is 16.1. The van der Waals surface area contributed by atoms with Gasteiger partial charge in [0.05, 0.1) is 6.07 Å². The second-order valence-electron chi connectivity index (χ2n) is 3.23. The van der Waals surface area contributed by atoms with E-state index in [1.54, 1.807) is 18.2 Å². The molecule has 1 atom stereocenters. The van der Waals surface area contributed by atoms with Gasteiger partial charge in [0.25, 0.3) is 0 Å². The number of nitrogens with two attached hydrogens (primary N) is 1. The summed E-state index contributed by atoms with van der Waals surface area (Å²) >= 11 is 0. The van der Waals surface area contributed by atoms with Gasteiger partial charge in [-0.1, -0.05) is 18.7 Å². The summed E-state index contributed by atoms with van der Waals surface area (Å²) in [6, 6.07) is 2.42. The van der Waals surface area contributed by atoms with Crippen LogP contribution in [0.4, 0.5) is 0 Å². The average molecular weight is 215 g/mol. The van der Waals surface area contributed by atoms with Crippen molar-refractivity contribution in [1.82, 2.24) is 4.98 Å². The largest absolute Gasteiger partial charge is 0.322 e. The molecule has 0 fully saturated rings. The van der Waals surface area contributed by atoms with Crippen molar-refractivity contribution in [2.24, 2.45) is 5.73 Å². The number of aromatic nitrogens is 1. The molecule has 0 amide bonds. The Hall–Kier alpha value is -2.12. The van der Waals surface area contributed by atoms with Crippen LogP contribution in [0, 0.1) is 11.3 Å². The summed E-state index contributed by atoms with van der Waals surface area (Å²) in [6.07, 6.45) is 5.11. The van der Waals surface area contributed by atoms with Gasteiger partial charge in [0.2, 0.25) is 5.56 Å². The van der Waals surface area contributed by atoms with E-state index in [0.29, 0.717) is 16.8 Å². The third-order valence-corrected chi connectivity index (χ3v) is 2.16. The molecule has 1 aromatic rings. The highest BCUT2D eigenvalue weighted by molar-refractivity contribution is 5.65. The molecule has 0 saturated carbocycles. The van der Waals surface area contributed by atoms with Gasteiger partial charge in [-0.15, -0.1) is 0 Å². The highest BCUT2D eigenvalue weighted by Crippen LogP contribution is 2.18. The molecule has 3 N–H and O–H groups in total. The Bertz CT molecular complexity index is 520. The van der Waals surface area contributed by atoms with Crippen LogP contribution in [0.5, 0.6) is 0 Å². The van der Waals surface area contributed by atoms with Crippen LogP contribution in [0.2, 0.25) is 0 Å². The van der Waals surface area contributed by atoms with Gasteiger partial charge in [-0.2, -0.15) is 5.26 Å². The van der Waals surface area contributed by atoms with Crippen molar-refractivity contribution in [3.63, 3.8) is 0 Å². The molecule has 0 saturated heterocycles. The lowest BCUT2D eigenvalue weighted by Gasteiger charge is -2.10. The first kappa shape index (κ1) is 12.0. The van der Waals surface area contributed by atoms with E-state index < -0.39 is 6.04 Å². The molecule has 1 unspecified atom stereocenters. The predicted octanol–water partition coefficient (Wildman–Crippen LogP) is 1.57. The molecule has 1 heterocycles. The highest BCUT2D eigenvalue weighted by Gasteiger charge is 2.12. The molecule has 82 valence electrons. The van der Waals surface area contributed by atoms with Crippen molar-refractivity contribution in [2.75, 3.05) is 0 Å². The Kier molecular flexibility index (Phi) is 3.81. The van der Waals surface area contributed by atoms with Crippen LogP contribution >= 0.6 is 0 Å². The number of hydrogen-bond donors (Lipinski definition) is 2. The molecule has 4 heteroatoms. The van der Waals surface area contributed by atoms with Crippen LogP contribution in [-0.4, -0.2) is 4.98 Å². The Morgan fingerprint density at radius 1 is 1.69 bits per heavy atom. The number of hydrogen-bond acceptors (Lipinski definition) is 3. The van der Waals surface area contributed by atoms with E-state index in [0.717, 1.165) is 0 Å². The number of H-pyrrole nitrogens is 1. The molecule has 0 spiro atoms. The predicted molar refractivity (Wildman–Crippen MR) is 64.4 cm³/mol. The van der Waals surface area contributed by atoms with E-state index in [2.05, 4.69) is 11.6 Å². The molecule has 4 nitrogen and oxygen atoms in total. The van der Waals surface area contributed by atoms with E-state index >= 15 is 0 Å². The SMILES string of the molecule is C=Cc1c(C(N)C#N)cc(=O)[nH]c1/C=C\C. The fraction of sp³-hybridized carbons (Fsp3) is 0.167. The van der Waals surface area contributed by atoms with Crippen LogP contribution in [0.1, 0.15) is 29.8 Å². The van der Waals surface area contributed by atoms with Crippen molar-refractivity contribution in [3.8, 4) is 6.07 Å². The van der Waals surface area contributed by atoms with Gasteiger partial charge >= 0.3 is 0 Å². The number of pyridine rings is 1. The zero-order valence-electron chi connectivity index (χ0n) is 9.03. The zero-order chi connectivity index (χ0) is 12.1. The number of rotatable bonds is 3. The van der Waals surface area contributed by atoms with E-state index in [1.807, 2.05) is 13.0 Å². The fourth-order valence-corrected chi connectivity index (χ4v) is 1.46. The maximum absolute atomic E-state index is 11.4. The molecular weight excluding hydrogens is 202 g/mol. The lowest BCUT2D eigenvalue weighted by molar-refractivity contribution is 0.911. The summed E-state index contributed by atoms with van der Waals surface area (Å²) in [6.45, 7) is 5.50. The second kappa shape index (κ2) is 5.10. The van der Waals surface area contributed by atoms with E-state index in [-0.39, 0.29) is 5.56 Å². The molecule has 16 heavy (non-hydrogen) atoms. The van der Waals surface area contributed by atoms with Gasteiger partial charge in [-0.05, 0) is 18.6 Å². The first-order valence-corrected chi connectivity index (χ1v) is 4.81. The van der Waals surface area contributed by atoms with Crippen molar-refractivity contribution in [2.45, 2.75) is 13.0 Å². The zero-order valence-corrected chi connectivity index (χ0v) is 9.03. The minimum atomic E-state index is -0.820. The molecular formula is C12H13N3O. The number of aromatic amines is 1. The van der Waals surface area contributed by atoms with E-state index in [4.69, 9.17) is 11.0 Å². The first-order valence-electron chi connectivity index (χ1n) is 4.81.